The van der Waals surface area contributed by atoms with Crippen molar-refractivity contribution in [2.75, 3.05) is 7.11 Å². The molecular weight excluding hydrogens is 380 g/mol. The fourth-order valence-electron chi connectivity index (χ4n) is 2.85. The van der Waals surface area contributed by atoms with Gasteiger partial charge in [-0.2, -0.15) is 0 Å². The molecule has 3 rings (SSSR count). The lowest BCUT2D eigenvalue weighted by Crippen LogP contribution is -2.25. The molecule has 0 aliphatic heterocycles. The van der Waals surface area contributed by atoms with Crippen LogP contribution in [0.5, 0.6) is 5.75 Å². The molecule has 0 atom stereocenters. The summed E-state index contributed by atoms with van der Waals surface area (Å²) in [7, 11) is 1.61. The van der Waals surface area contributed by atoms with E-state index in [4.69, 9.17) is 11.2 Å². The number of ether oxygens (including phenoxy) is 1. The van der Waals surface area contributed by atoms with Crippen molar-refractivity contribution in [2.24, 2.45) is 0 Å². The number of nitrogens with one attached hydrogen (secondary N) is 1. The van der Waals surface area contributed by atoms with E-state index >= 15 is 0 Å². The quantitative estimate of drug-likeness (QED) is 0.662. The van der Waals surface area contributed by atoms with Gasteiger partial charge in [-0.3, -0.25) is 4.79 Å². The van der Waals surface area contributed by atoms with Crippen molar-refractivity contribution in [1.82, 2.24) is 9.88 Å². The fraction of sp³-hybridized carbons (Fsp3) is 0.150. The molecule has 3 aromatic rings. The largest absolute Gasteiger partial charge is 0.495 e. The van der Waals surface area contributed by atoms with E-state index in [1.807, 2.05) is 53.1 Å². The summed E-state index contributed by atoms with van der Waals surface area (Å²) in [6, 6.07) is 15.4. The standard InChI is InChI=1S/C20H17BrN2O2/c1-3-11-23-17-10-5-4-7-14(17)12-18(23)20(24)22-13-15-8-6-9-16(21)19(15)25-2/h1,4-10,12H,11,13H2,2H3,(H,22,24). The van der Waals surface area contributed by atoms with E-state index in [0.29, 0.717) is 24.5 Å². The van der Waals surface area contributed by atoms with Crippen molar-refractivity contribution in [3.05, 3.63) is 64.3 Å². The molecule has 0 spiro atoms. The summed E-state index contributed by atoms with van der Waals surface area (Å²) in [6.07, 6.45) is 5.48. The van der Waals surface area contributed by atoms with Gasteiger partial charge in [0, 0.05) is 23.0 Å². The molecule has 0 bridgehead atoms. The predicted molar refractivity (Wildman–Crippen MR) is 103 cm³/mol. The molecule has 25 heavy (non-hydrogen) atoms. The first-order chi connectivity index (χ1) is 12.2. The molecule has 1 N–H and O–H groups in total. The van der Waals surface area contributed by atoms with Gasteiger partial charge in [0.15, 0.2) is 0 Å². The van der Waals surface area contributed by atoms with Gasteiger partial charge in [0.1, 0.15) is 11.4 Å². The Balaban J connectivity index is 1.87. The normalized spacial score (nSPS) is 10.4. The molecule has 5 heteroatoms. The Morgan fingerprint density at radius 1 is 1.28 bits per heavy atom. The molecule has 0 fully saturated rings. The lowest BCUT2D eigenvalue weighted by Gasteiger charge is -2.12. The number of halogens is 1. The third-order valence-electron chi connectivity index (χ3n) is 3.98. The van der Waals surface area contributed by atoms with Crippen molar-refractivity contribution in [2.45, 2.75) is 13.1 Å². The number of hydrogen-bond acceptors (Lipinski definition) is 2. The Labute approximate surface area is 154 Å². The van der Waals surface area contributed by atoms with E-state index < -0.39 is 0 Å². The minimum Gasteiger partial charge on any atom is -0.495 e. The SMILES string of the molecule is C#CCn1c(C(=O)NCc2cccc(Br)c2OC)cc2ccccc21. The third-order valence-corrected chi connectivity index (χ3v) is 4.61. The molecule has 0 unspecified atom stereocenters. The Bertz CT molecular complexity index is 969. The third kappa shape index (κ3) is 3.40. The molecule has 0 saturated carbocycles. The predicted octanol–water partition coefficient (Wildman–Crippen LogP) is 3.98. The molecule has 1 heterocycles. The molecular formula is C20H17BrN2O2. The number of carbonyl (C=O) groups is 1. The smallest absolute Gasteiger partial charge is 0.268 e. The van der Waals surface area contributed by atoms with Crippen LogP contribution in [0.25, 0.3) is 10.9 Å². The first kappa shape index (κ1) is 17.1. The van der Waals surface area contributed by atoms with E-state index in [-0.39, 0.29) is 5.91 Å². The van der Waals surface area contributed by atoms with Gasteiger partial charge < -0.3 is 14.6 Å². The highest BCUT2D eigenvalue weighted by Gasteiger charge is 2.15. The highest BCUT2D eigenvalue weighted by atomic mass is 79.9. The first-order valence-corrected chi connectivity index (χ1v) is 8.56. The number of carbonyl (C=O) groups excluding carboxylic acids is 1. The zero-order chi connectivity index (χ0) is 17.8. The fourth-order valence-corrected chi connectivity index (χ4v) is 3.42. The van der Waals surface area contributed by atoms with Gasteiger partial charge in [-0.1, -0.05) is 36.3 Å². The molecule has 0 aliphatic carbocycles. The minimum atomic E-state index is -0.173. The number of rotatable bonds is 5. The van der Waals surface area contributed by atoms with E-state index in [1.165, 1.54) is 0 Å². The van der Waals surface area contributed by atoms with Crippen LogP contribution < -0.4 is 10.1 Å². The maximum atomic E-state index is 12.7. The van der Waals surface area contributed by atoms with E-state index in [2.05, 4.69) is 27.2 Å². The molecule has 0 radical (unpaired) electrons. The lowest BCUT2D eigenvalue weighted by molar-refractivity contribution is 0.0942. The van der Waals surface area contributed by atoms with E-state index in [1.54, 1.807) is 7.11 Å². The topological polar surface area (TPSA) is 43.3 Å². The van der Waals surface area contributed by atoms with Crippen LogP contribution >= 0.6 is 15.9 Å². The Hall–Kier alpha value is -2.71. The van der Waals surface area contributed by atoms with Crippen LogP contribution in [0.4, 0.5) is 0 Å². The summed E-state index contributed by atoms with van der Waals surface area (Å²) in [5.74, 6) is 3.16. The van der Waals surface area contributed by atoms with Crippen molar-refractivity contribution in [3.8, 4) is 18.1 Å². The molecule has 0 saturated heterocycles. The second-order valence-electron chi connectivity index (χ2n) is 5.49. The summed E-state index contributed by atoms with van der Waals surface area (Å²) >= 11 is 3.45. The molecule has 2 aromatic carbocycles. The maximum Gasteiger partial charge on any atom is 0.268 e. The van der Waals surface area contributed by atoms with E-state index in [0.717, 1.165) is 20.9 Å². The van der Waals surface area contributed by atoms with Crippen LogP contribution in [0.2, 0.25) is 0 Å². The maximum absolute atomic E-state index is 12.7. The van der Waals surface area contributed by atoms with Gasteiger partial charge >= 0.3 is 0 Å². The zero-order valence-corrected chi connectivity index (χ0v) is 15.3. The van der Waals surface area contributed by atoms with Gasteiger partial charge in [0.25, 0.3) is 5.91 Å². The van der Waals surface area contributed by atoms with Gasteiger partial charge in [0.05, 0.1) is 18.1 Å². The molecule has 1 aromatic heterocycles. The van der Waals surface area contributed by atoms with Crippen molar-refractivity contribution in [3.63, 3.8) is 0 Å². The summed E-state index contributed by atoms with van der Waals surface area (Å²) in [6.45, 7) is 0.704. The number of para-hydroxylation sites is 2. The molecule has 0 aliphatic rings. The highest BCUT2D eigenvalue weighted by Crippen LogP contribution is 2.28. The number of hydrogen-bond donors (Lipinski definition) is 1. The Morgan fingerprint density at radius 2 is 2.08 bits per heavy atom. The Morgan fingerprint density at radius 3 is 2.84 bits per heavy atom. The average molecular weight is 397 g/mol. The van der Waals surface area contributed by atoms with Crippen molar-refractivity contribution in [1.29, 1.82) is 0 Å². The number of benzene rings is 2. The van der Waals surface area contributed by atoms with E-state index in [9.17, 15) is 4.79 Å². The lowest BCUT2D eigenvalue weighted by atomic mass is 10.2. The van der Waals surface area contributed by atoms with Crippen LogP contribution in [0, 0.1) is 12.3 Å². The number of terminal acetylenes is 1. The van der Waals surface area contributed by atoms with Gasteiger partial charge in [-0.05, 0) is 34.1 Å². The van der Waals surface area contributed by atoms with Gasteiger partial charge in [-0.25, -0.2) is 0 Å². The van der Waals surface area contributed by atoms with Crippen LogP contribution in [-0.4, -0.2) is 17.6 Å². The van der Waals surface area contributed by atoms with Crippen LogP contribution in [0.15, 0.2) is 53.0 Å². The second-order valence-corrected chi connectivity index (χ2v) is 6.35. The summed E-state index contributed by atoms with van der Waals surface area (Å²) in [4.78, 5) is 12.7. The zero-order valence-electron chi connectivity index (χ0n) is 13.8. The first-order valence-electron chi connectivity index (χ1n) is 7.77. The van der Waals surface area contributed by atoms with Crippen molar-refractivity contribution < 1.29 is 9.53 Å². The Kier molecular flexibility index (Phi) is 5.11. The number of methoxy groups -OCH3 is 1. The number of nitrogens with zero attached hydrogens (tertiary/aromatic N) is 1. The molecule has 126 valence electrons. The minimum absolute atomic E-state index is 0.173. The van der Waals surface area contributed by atoms with Crippen LogP contribution in [0.3, 0.4) is 0 Å². The van der Waals surface area contributed by atoms with Gasteiger partial charge in [0.2, 0.25) is 0 Å². The highest BCUT2D eigenvalue weighted by molar-refractivity contribution is 9.10. The van der Waals surface area contributed by atoms with Crippen LogP contribution in [-0.2, 0) is 13.1 Å². The summed E-state index contributed by atoms with van der Waals surface area (Å²) < 4.78 is 8.09. The summed E-state index contributed by atoms with van der Waals surface area (Å²) in [5, 5.41) is 3.94. The average Bonchev–Trinajstić information content (AvgIpc) is 2.99. The molecule has 1 amide bonds. The number of aromatic nitrogens is 1. The second kappa shape index (κ2) is 7.45. The van der Waals surface area contributed by atoms with Crippen LogP contribution in [0.1, 0.15) is 16.1 Å². The number of amides is 1. The van der Waals surface area contributed by atoms with Crippen molar-refractivity contribution >= 4 is 32.7 Å². The summed E-state index contributed by atoms with van der Waals surface area (Å²) in [5.41, 5.74) is 2.39. The molecule has 4 nitrogen and oxygen atoms in total. The number of fused-ring (bicyclic) bond motifs is 1. The van der Waals surface area contributed by atoms with Gasteiger partial charge in [-0.15, -0.1) is 6.42 Å². The monoisotopic (exact) mass is 396 g/mol.